The third kappa shape index (κ3) is 2.22. The van der Waals surface area contributed by atoms with Crippen LogP contribution in [0.25, 0.3) is 0 Å². The monoisotopic (exact) mass is 271 g/mol. The standard InChI is InChI=1S/C10H13N3O4S/c11-10-5-2-6-12(10)18(16,17)9-4-1-3-8(7-9)13(14)15/h1,3-4,7,10H,2,5-6,11H2. The summed E-state index contributed by atoms with van der Waals surface area (Å²) < 4.78 is 25.7. The van der Waals surface area contributed by atoms with Gasteiger partial charge >= 0.3 is 0 Å². The molecule has 0 amide bonds. The molecule has 0 aliphatic carbocycles. The Labute approximate surface area is 104 Å². The van der Waals surface area contributed by atoms with Crippen molar-refractivity contribution in [1.29, 1.82) is 0 Å². The van der Waals surface area contributed by atoms with E-state index in [1.807, 2.05) is 0 Å². The average Bonchev–Trinajstić information content (AvgIpc) is 2.76. The third-order valence-corrected chi connectivity index (χ3v) is 4.80. The second kappa shape index (κ2) is 4.63. The minimum Gasteiger partial charge on any atom is -0.315 e. The largest absolute Gasteiger partial charge is 0.315 e. The molecule has 1 aliphatic heterocycles. The van der Waals surface area contributed by atoms with E-state index in [0.29, 0.717) is 19.4 Å². The smallest absolute Gasteiger partial charge is 0.270 e. The first kappa shape index (κ1) is 12.9. The molecule has 1 saturated heterocycles. The minimum atomic E-state index is -3.74. The second-order valence-corrected chi connectivity index (χ2v) is 5.97. The first-order valence-electron chi connectivity index (χ1n) is 5.45. The summed E-state index contributed by atoms with van der Waals surface area (Å²) in [5, 5.41) is 10.6. The van der Waals surface area contributed by atoms with Gasteiger partial charge in [-0.3, -0.25) is 10.1 Å². The maximum Gasteiger partial charge on any atom is 0.270 e. The highest BCUT2D eigenvalue weighted by Crippen LogP contribution is 2.25. The van der Waals surface area contributed by atoms with Gasteiger partial charge in [0.05, 0.1) is 16.0 Å². The zero-order chi connectivity index (χ0) is 13.3. The van der Waals surface area contributed by atoms with E-state index in [0.717, 1.165) is 6.07 Å². The van der Waals surface area contributed by atoms with Gasteiger partial charge in [0.15, 0.2) is 0 Å². The zero-order valence-corrected chi connectivity index (χ0v) is 10.3. The Balaban J connectivity index is 2.41. The predicted octanol–water partition coefficient (Wildman–Crippen LogP) is 0.664. The topological polar surface area (TPSA) is 107 Å². The number of rotatable bonds is 3. The van der Waals surface area contributed by atoms with Crippen LogP contribution in [0.15, 0.2) is 29.2 Å². The molecular formula is C10H13N3O4S. The summed E-state index contributed by atoms with van der Waals surface area (Å²) in [6, 6.07) is 5.00. The Bertz CT molecular complexity index is 572. The van der Waals surface area contributed by atoms with Crippen molar-refractivity contribution in [2.75, 3.05) is 6.54 Å². The summed E-state index contributed by atoms with van der Waals surface area (Å²) in [4.78, 5) is 9.93. The lowest BCUT2D eigenvalue weighted by atomic mass is 10.3. The van der Waals surface area contributed by atoms with Gasteiger partial charge < -0.3 is 5.73 Å². The molecule has 0 radical (unpaired) electrons. The number of nitro groups is 1. The normalized spacial score (nSPS) is 21.1. The van der Waals surface area contributed by atoms with E-state index in [4.69, 9.17) is 5.73 Å². The Morgan fingerprint density at radius 1 is 1.44 bits per heavy atom. The number of non-ortho nitro benzene ring substituents is 1. The highest BCUT2D eigenvalue weighted by atomic mass is 32.2. The van der Waals surface area contributed by atoms with Gasteiger partial charge in [0.1, 0.15) is 0 Å². The van der Waals surface area contributed by atoms with E-state index in [9.17, 15) is 18.5 Å². The fourth-order valence-electron chi connectivity index (χ4n) is 1.96. The highest BCUT2D eigenvalue weighted by Gasteiger charge is 2.33. The number of hydrogen-bond donors (Lipinski definition) is 1. The van der Waals surface area contributed by atoms with Gasteiger partial charge in [-0.1, -0.05) is 6.07 Å². The van der Waals surface area contributed by atoms with E-state index in [2.05, 4.69) is 0 Å². The third-order valence-electron chi connectivity index (χ3n) is 2.88. The van der Waals surface area contributed by atoms with Crippen molar-refractivity contribution in [3.05, 3.63) is 34.4 Å². The number of nitro benzene ring substituents is 1. The van der Waals surface area contributed by atoms with E-state index in [-0.39, 0.29) is 10.6 Å². The summed E-state index contributed by atoms with van der Waals surface area (Å²) in [6.07, 6.45) is 0.762. The second-order valence-electron chi connectivity index (χ2n) is 4.08. The van der Waals surface area contributed by atoms with Crippen LogP contribution in [-0.2, 0) is 10.0 Å². The molecule has 7 nitrogen and oxygen atoms in total. The summed E-state index contributed by atoms with van der Waals surface area (Å²) >= 11 is 0. The molecule has 0 aromatic heterocycles. The van der Waals surface area contributed by atoms with Gasteiger partial charge in [0.2, 0.25) is 10.0 Å². The first-order chi connectivity index (χ1) is 8.43. The zero-order valence-electron chi connectivity index (χ0n) is 9.52. The van der Waals surface area contributed by atoms with Crippen molar-refractivity contribution >= 4 is 15.7 Å². The molecule has 1 unspecified atom stereocenters. The maximum atomic E-state index is 12.2. The van der Waals surface area contributed by atoms with Crippen LogP contribution in [0, 0.1) is 10.1 Å². The van der Waals surface area contributed by atoms with Crippen LogP contribution in [0.3, 0.4) is 0 Å². The fraction of sp³-hybridized carbons (Fsp3) is 0.400. The van der Waals surface area contributed by atoms with Gasteiger partial charge in [-0.15, -0.1) is 0 Å². The molecule has 1 atom stereocenters. The fourth-order valence-corrected chi connectivity index (χ4v) is 3.58. The van der Waals surface area contributed by atoms with Crippen LogP contribution in [-0.4, -0.2) is 30.4 Å². The van der Waals surface area contributed by atoms with E-state index in [1.54, 1.807) is 0 Å². The molecule has 1 heterocycles. The van der Waals surface area contributed by atoms with Gasteiger partial charge in [-0.2, -0.15) is 4.31 Å². The van der Waals surface area contributed by atoms with Crippen molar-refractivity contribution in [1.82, 2.24) is 4.31 Å². The molecule has 0 spiro atoms. The molecule has 1 aliphatic rings. The summed E-state index contributed by atoms with van der Waals surface area (Å²) in [7, 11) is -3.74. The molecule has 1 aromatic rings. The minimum absolute atomic E-state index is 0.0888. The Morgan fingerprint density at radius 2 is 2.17 bits per heavy atom. The van der Waals surface area contributed by atoms with Crippen LogP contribution in [0.2, 0.25) is 0 Å². The molecule has 1 aromatic carbocycles. The molecule has 2 rings (SSSR count). The molecule has 0 bridgehead atoms. The average molecular weight is 271 g/mol. The van der Waals surface area contributed by atoms with Crippen LogP contribution >= 0.6 is 0 Å². The number of nitrogens with two attached hydrogens (primary N) is 1. The van der Waals surface area contributed by atoms with Crippen LogP contribution in [0.4, 0.5) is 5.69 Å². The highest BCUT2D eigenvalue weighted by molar-refractivity contribution is 7.89. The summed E-state index contributed by atoms with van der Waals surface area (Å²) in [5.74, 6) is 0. The lowest BCUT2D eigenvalue weighted by Crippen LogP contribution is -2.40. The molecule has 8 heteroatoms. The number of hydrogen-bond acceptors (Lipinski definition) is 5. The Morgan fingerprint density at radius 3 is 2.72 bits per heavy atom. The molecule has 1 fully saturated rings. The quantitative estimate of drug-likeness (QED) is 0.642. The van der Waals surface area contributed by atoms with Crippen molar-refractivity contribution in [2.24, 2.45) is 5.73 Å². The van der Waals surface area contributed by atoms with Crippen LogP contribution in [0.1, 0.15) is 12.8 Å². The van der Waals surface area contributed by atoms with Gasteiger partial charge in [0.25, 0.3) is 5.69 Å². The lowest BCUT2D eigenvalue weighted by molar-refractivity contribution is -0.385. The Kier molecular flexibility index (Phi) is 3.33. The lowest BCUT2D eigenvalue weighted by Gasteiger charge is -2.20. The molecule has 98 valence electrons. The first-order valence-corrected chi connectivity index (χ1v) is 6.89. The number of sulfonamides is 1. The maximum absolute atomic E-state index is 12.2. The van der Waals surface area contributed by atoms with Gasteiger partial charge in [-0.05, 0) is 18.9 Å². The van der Waals surface area contributed by atoms with Gasteiger partial charge in [0, 0.05) is 18.7 Å². The predicted molar refractivity (Wildman–Crippen MR) is 64.2 cm³/mol. The van der Waals surface area contributed by atoms with Gasteiger partial charge in [-0.25, -0.2) is 8.42 Å². The van der Waals surface area contributed by atoms with Crippen LogP contribution in [0.5, 0.6) is 0 Å². The van der Waals surface area contributed by atoms with Crippen molar-refractivity contribution in [2.45, 2.75) is 23.9 Å². The van der Waals surface area contributed by atoms with Crippen molar-refractivity contribution in [3.63, 3.8) is 0 Å². The molecular weight excluding hydrogens is 258 g/mol. The van der Waals surface area contributed by atoms with E-state index < -0.39 is 21.1 Å². The molecule has 18 heavy (non-hydrogen) atoms. The van der Waals surface area contributed by atoms with Crippen LogP contribution < -0.4 is 5.73 Å². The Hall–Kier alpha value is -1.51. The summed E-state index contributed by atoms with van der Waals surface area (Å²) in [5.41, 5.74) is 5.47. The summed E-state index contributed by atoms with van der Waals surface area (Å²) in [6.45, 7) is 0.353. The van der Waals surface area contributed by atoms with Crippen molar-refractivity contribution < 1.29 is 13.3 Å². The molecule has 0 saturated carbocycles. The van der Waals surface area contributed by atoms with E-state index >= 15 is 0 Å². The number of nitrogens with zero attached hydrogens (tertiary/aromatic N) is 2. The molecule has 2 N–H and O–H groups in total. The number of benzene rings is 1. The SMILES string of the molecule is NC1CCCN1S(=O)(=O)c1cccc([N+](=O)[O-])c1. The van der Waals surface area contributed by atoms with E-state index in [1.165, 1.54) is 22.5 Å². The van der Waals surface area contributed by atoms with Crippen molar-refractivity contribution in [3.8, 4) is 0 Å².